The second-order valence-corrected chi connectivity index (χ2v) is 6.23. The van der Waals surface area contributed by atoms with Crippen LogP contribution in [0.15, 0.2) is 18.2 Å². The van der Waals surface area contributed by atoms with Crippen molar-refractivity contribution in [1.82, 2.24) is 0 Å². The van der Waals surface area contributed by atoms with E-state index in [4.69, 9.17) is 19.2 Å². The Morgan fingerprint density at radius 3 is 2.29 bits per heavy atom. The van der Waals surface area contributed by atoms with Crippen molar-refractivity contribution in [3.8, 4) is 5.75 Å². The van der Waals surface area contributed by atoms with Gasteiger partial charge in [0.1, 0.15) is 5.75 Å². The van der Waals surface area contributed by atoms with Crippen LogP contribution in [0, 0.1) is 0 Å². The lowest BCUT2D eigenvalue weighted by Gasteiger charge is -2.32. The van der Waals surface area contributed by atoms with Crippen LogP contribution in [0.25, 0.3) is 0 Å². The molecular formula is C15H21BO5. The lowest BCUT2D eigenvalue weighted by atomic mass is 9.78. The van der Waals surface area contributed by atoms with Crippen LogP contribution in [0.1, 0.15) is 33.3 Å². The molecule has 0 amide bonds. The van der Waals surface area contributed by atoms with Crippen LogP contribution in [-0.4, -0.2) is 36.5 Å². The van der Waals surface area contributed by atoms with Gasteiger partial charge in [0.05, 0.1) is 24.7 Å². The normalized spacial score (nSPS) is 19.6. The number of methoxy groups -OCH3 is 1. The maximum atomic E-state index is 11.0. The summed E-state index contributed by atoms with van der Waals surface area (Å²) >= 11 is 0. The fourth-order valence-corrected chi connectivity index (χ4v) is 2.23. The van der Waals surface area contributed by atoms with Crippen molar-refractivity contribution in [1.29, 1.82) is 0 Å². The summed E-state index contributed by atoms with van der Waals surface area (Å²) in [5.41, 5.74) is 0.553. The van der Waals surface area contributed by atoms with E-state index in [-0.39, 0.29) is 6.42 Å². The van der Waals surface area contributed by atoms with Crippen LogP contribution < -0.4 is 10.2 Å². The molecule has 1 aliphatic rings. The average molecular weight is 292 g/mol. The van der Waals surface area contributed by atoms with Crippen molar-refractivity contribution >= 4 is 18.6 Å². The molecule has 1 aromatic carbocycles. The fraction of sp³-hybridized carbons (Fsp3) is 0.533. The Kier molecular flexibility index (Phi) is 4.04. The number of carbonyl (C=O) groups is 1. The highest BCUT2D eigenvalue weighted by molar-refractivity contribution is 6.62. The molecule has 2 rings (SSSR count). The Morgan fingerprint density at radius 1 is 1.24 bits per heavy atom. The Bertz CT molecular complexity index is 537. The van der Waals surface area contributed by atoms with Gasteiger partial charge in [0.25, 0.3) is 0 Å². The number of carboxylic acid groups (broad SMARTS) is 1. The topological polar surface area (TPSA) is 65.0 Å². The maximum absolute atomic E-state index is 11.0. The number of hydrogen-bond donors (Lipinski definition) is 1. The zero-order valence-corrected chi connectivity index (χ0v) is 13.1. The van der Waals surface area contributed by atoms with E-state index in [0.29, 0.717) is 11.3 Å². The maximum Gasteiger partial charge on any atom is 0.494 e. The third-order valence-electron chi connectivity index (χ3n) is 4.17. The minimum atomic E-state index is -0.903. The quantitative estimate of drug-likeness (QED) is 0.854. The Labute approximate surface area is 125 Å². The number of rotatable bonds is 4. The Morgan fingerprint density at radius 2 is 1.81 bits per heavy atom. The van der Waals surface area contributed by atoms with Gasteiger partial charge in [-0.15, -0.1) is 0 Å². The van der Waals surface area contributed by atoms with Crippen LogP contribution in [0.2, 0.25) is 0 Å². The molecule has 0 spiro atoms. The van der Waals surface area contributed by atoms with Crippen molar-refractivity contribution in [2.75, 3.05) is 7.11 Å². The van der Waals surface area contributed by atoms with Crippen molar-refractivity contribution in [2.45, 2.75) is 45.3 Å². The van der Waals surface area contributed by atoms with Crippen molar-refractivity contribution in [3.05, 3.63) is 23.8 Å². The first kappa shape index (κ1) is 15.9. The monoisotopic (exact) mass is 292 g/mol. The number of hydrogen-bond acceptors (Lipinski definition) is 4. The van der Waals surface area contributed by atoms with Gasteiger partial charge in [-0.2, -0.15) is 0 Å². The molecule has 0 bridgehead atoms. The summed E-state index contributed by atoms with van der Waals surface area (Å²) in [5, 5.41) is 8.99. The number of ether oxygens (including phenoxy) is 1. The molecule has 0 radical (unpaired) electrons. The lowest BCUT2D eigenvalue weighted by Crippen LogP contribution is -2.41. The molecule has 21 heavy (non-hydrogen) atoms. The Balaban J connectivity index is 2.32. The zero-order valence-electron chi connectivity index (χ0n) is 13.1. The predicted molar refractivity (Wildman–Crippen MR) is 80.0 cm³/mol. The highest BCUT2D eigenvalue weighted by Gasteiger charge is 2.51. The molecule has 1 aliphatic heterocycles. The van der Waals surface area contributed by atoms with E-state index >= 15 is 0 Å². The molecule has 0 aliphatic carbocycles. The molecule has 0 aromatic heterocycles. The summed E-state index contributed by atoms with van der Waals surface area (Å²) in [6, 6.07) is 5.36. The first-order valence-electron chi connectivity index (χ1n) is 6.90. The van der Waals surface area contributed by atoms with Crippen molar-refractivity contribution < 1.29 is 23.9 Å². The SMILES string of the molecule is COc1ccc(B2OC(C)(C)C(C)(C)O2)cc1CC(=O)O. The molecule has 0 unspecified atom stereocenters. The van der Waals surface area contributed by atoms with E-state index in [1.807, 2.05) is 33.8 Å². The second-order valence-electron chi connectivity index (χ2n) is 6.23. The highest BCUT2D eigenvalue weighted by atomic mass is 16.7. The molecule has 0 atom stereocenters. The fourth-order valence-electron chi connectivity index (χ4n) is 2.23. The minimum absolute atomic E-state index is 0.101. The van der Waals surface area contributed by atoms with E-state index in [9.17, 15) is 4.79 Å². The second kappa shape index (κ2) is 5.35. The van der Waals surface area contributed by atoms with Crippen molar-refractivity contribution in [2.24, 2.45) is 0 Å². The van der Waals surface area contributed by atoms with Gasteiger partial charge < -0.3 is 19.2 Å². The lowest BCUT2D eigenvalue weighted by molar-refractivity contribution is -0.136. The van der Waals surface area contributed by atoms with Gasteiger partial charge in [-0.1, -0.05) is 12.1 Å². The molecule has 1 saturated heterocycles. The van der Waals surface area contributed by atoms with E-state index < -0.39 is 24.3 Å². The van der Waals surface area contributed by atoms with Gasteiger partial charge in [-0.3, -0.25) is 4.79 Å². The largest absolute Gasteiger partial charge is 0.496 e. The summed E-state index contributed by atoms with van der Waals surface area (Å²) in [6.07, 6.45) is -0.101. The molecule has 1 N–H and O–H groups in total. The summed E-state index contributed by atoms with van der Waals surface area (Å²) in [6.45, 7) is 7.92. The summed E-state index contributed by atoms with van der Waals surface area (Å²) in [5.74, 6) is -0.350. The number of benzene rings is 1. The molecule has 1 fully saturated rings. The first-order chi connectivity index (χ1) is 9.66. The van der Waals surface area contributed by atoms with Gasteiger partial charge in [0.15, 0.2) is 0 Å². The minimum Gasteiger partial charge on any atom is -0.496 e. The van der Waals surface area contributed by atoms with E-state index in [1.165, 1.54) is 7.11 Å². The van der Waals surface area contributed by atoms with Crippen LogP contribution in [0.4, 0.5) is 0 Å². The molecular weight excluding hydrogens is 271 g/mol. The van der Waals surface area contributed by atoms with Gasteiger partial charge in [0, 0.05) is 5.56 Å². The summed E-state index contributed by atoms with van der Waals surface area (Å²) in [4.78, 5) is 11.0. The zero-order chi connectivity index (χ0) is 15.8. The van der Waals surface area contributed by atoms with Crippen LogP contribution in [0.3, 0.4) is 0 Å². The van der Waals surface area contributed by atoms with Crippen molar-refractivity contribution in [3.63, 3.8) is 0 Å². The molecule has 0 saturated carbocycles. The van der Waals surface area contributed by atoms with Gasteiger partial charge in [-0.05, 0) is 39.2 Å². The standard InChI is InChI=1S/C15H21BO5/c1-14(2)15(3,4)21-16(20-14)11-6-7-12(19-5)10(8-11)9-13(17)18/h6-8H,9H2,1-5H3,(H,17,18). The molecule has 1 heterocycles. The number of aliphatic carboxylic acids is 1. The molecule has 114 valence electrons. The highest BCUT2D eigenvalue weighted by Crippen LogP contribution is 2.36. The van der Waals surface area contributed by atoms with E-state index in [1.54, 1.807) is 12.1 Å². The van der Waals surface area contributed by atoms with Gasteiger partial charge in [-0.25, -0.2) is 0 Å². The summed E-state index contributed by atoms with van der Waals surface area (Å²) in [7, 11) is 1.02. The summed E-state index contributed by atoms with van der Waals surface area (Å²) < 4.78 is 17.1. The molecule has 5 nitrogen and oxygen atoms in total. The first-order valence-corrected chi connectivity index (χ1v) is 6.90. The molecule has 1 aromatic rings. The molecule has 6 heteroatoms. The van der Waals surface area contributed by atoms with E-state index in [2.05, 4.69) is 0 Å². The van der Waals surface area contributed by atoms with Gasteiger partial charge >= 0.3 is 13.1 Å². The smallest absolute Gasteiger partial charge is 0.494 e. The third kappa shape index (κ3) is 3.06. The van der Waals surface area contributed by atoms with Crippen LogP contribution in [0.5, 0.6) is 5.75 Å². The van der Waals surface area contributed by atoms with Gasteiger partial charge in [0.2, 0.25) is 0 Å². The third-order valence-corrected chi connectivity index (χ3v) is 4.17. The van der Waals surface area contributed by atoms with E-state index in [0.717, 1.165) is 5.46 Å². The Hall–Kier alpha value is -1.53. The van der Waals surface area contributed by atoms with Crippen LogP contribution in [-0.2, 0) is 20.5 Å². The average Bonchev–Trinajstić information content (AvgIpc) is 2.57. The van der Waals surface area contributed by atoms with Crippen LogP contribution >= 0.6 is 0 Å². The predicted octanol–water partition coefficient (Wildman–Crippen LogP) is 1.62. The number of carboxylic acids is 1.